The van der Waals surface area contributed by atoms with E-state index in [4.69, 9.17) is 10.8 Å². The Balaban J connectivity index is 3.40. The second-order valence-electron chi connectivity index (χ2n) is 2.94. The van der Waals surface area contributed by atoms with E-state index >= 15 is 0 Å². The van der Waals surface area contributed by atoms with E-state index in [1.54, 1.807) is 0 Å². The molecule has 0 saturated carbocycles. The molecule has 0 saturated heterocycles. The van der Waals surface area contributed by atoms with Crippen LogP contribution in [0.1, 0.15) is 11.6 Å². The van der Waals surface area contributed by atoms with E-state index in [0.717, 1.165) is 0 Å². The first-order valence-corrected chi connectivity index (χ1v) is 3.99. The molecule has 0 aliphatic rings. The van der Waals surface area contributed by atoms with E-state index in [1.807, 2.05) is 0 Å². The van der Waals surface area contributed by atoms with E-state index < -0.39 is 39.8 Å². The van der Waals surface area contributed by atoms with Crippen molar-refractivity contribution in [2.24, 2.45) is 5.73 Å². The van der Waals surface area contributed by atoms with Crippen molar-refractivity contribution in [1.29, 1.82) is 0 Å². The molecule has 1 rings (SSSR count). The zero-order valence-electron chi connectivity index (χ0n) is 7.75. The minimum atomic E-state index is -1.73. The van der Waals surface area contributed by atoms with Crippen LogP contribution >= 0.6 is 0 Å². The van der Waals surface area contributed by atoms with Crippen LogP contribution in [0.5, 0.6) is 5.75 Å². The van der Waals surface area contributed by atoms with Crippen molar-refractivity contribution in [3.05, 3.63) is 33.6 Å². The maximum Gasteiger partial charge on any atom is 0.325 e. The standard InChI is InChI=1S/C8H7FN2O5/c9-3-1-4(6(10)8(13)14)7(12)5(2-3)11(15)16/h1-2,6,12H,10H2,(H,13,14). The zero-order chi connectivity index (χ0) is 12.5. The van der Waals surface area contributed by atoms with Crippen molar-refractivity contribution < 1.29 is 24.3 Å². The van der Waals surface area contributed by atoms with Gasteiger partial charge in [-0.05, 0) is 6.07 Å². The molecule has 4 N–H and O–H groups in total. The van der Waals surface area contributed by atoms with Gasteiger partial charge in [0.2, 0.25) is 0 Å². The fraction of sp³-hybridized carbons (Fsp3) is 0.125. The Morgan fingerprint density at radius 3 is 2.56 bits per heavy atom. The van der Waals surface area contributed by atoms with Crippen molar-refractivity contribution in [2.75, 3.05) is 0 Å². The third-order valence-electron chi connectivity index (χ3n) is 1.88. The largest absolute Gasteiger partial charge is 0.502 e. The van der Waals surface area contributed by atoms with Crippen molar-refractivity contribution in [3.8, 4) is 5.75 Å². The minimum Gasteiger partial charge on any atom is -0.502 e. The number of hydrogen-bond acceptors (Lipinski definition) is 5. The van der Waals surface area contributed by atoms with Gasteiger partial charge in [0.05, 0.1) is 11.0 Å². The molecule has 86 valence electrons. The lowest BCUT2D eigenvalue weighted by Gasteiger charge is -2.09. The first kappa shape index (κ1) is 11.9. The molecule has 1 atom stereocenters. The number of carboxylic acids is 1. The normalized spacial score (nSPS) is 12.1. The van der Waals surface area contributed by atoms with E-state index in [0.29, 0.717) is 12.1 Å². The number of nitro benzene ring substituents is 1. The first-order chi connectivity index (χ1) is 7.34. The Labute approximate surface area is 88.1 Å². The fourth-order valence-electron chi connectivity index (χ4n) is 1.11. The maximum atomic E-state index is 12.9. The molecule has 0 aliphatic carbocycles. The number of rotatable bonds is 3. The molecule has 1 unspecified atom stereocenters. The molecule has 1 aromatic rings. The lowest BCUT2D eigenvalue weighted by Crippen LogP contribution is -2.21. The quantitative estimate of drug-likeness (QED) is 0.513. The van der Waals surface area contributed by atoms with Crippen LogP contribution in [-0.4, -0.2) is 21.1 Å². The van der Waals surface area contributed by atoms with Crippen LogP contribution in [0.4, 0.5) is 10.1 Å². The number of phenols is 1. The van der Waals surface area contributed by atoms with Crippen LogP contribution < -0.4 is 5.73 Å². The van der Waals surface area contributed by atoms with Gasteiger partial charge in [0.1, 0.15) is 11.9 Å². The molecule has 0 radical (unpaired) electrons. The third-order valence-corrected chi connectivity index (χ3v) is 1.88. The summed E-state index contributed by atoms with van der Waals surface area (Å²) in [4.78, 5) is 19.9. The molecule has 0 aromatic heterocycles. The van der Waals surface area contributed by atoms with E-state index in [2.05, 4.69) is 0 Å². The van der Waals surface area contributed by atoms with E-state index in [-0.39, 0.29) is 0 Å². The van der Waals surface area contributed by atoms with Crippen LogP contribution in [0.25, 0.3) is 0 Å². The van der Waals surface area contributed by atoms with E-state index in [1.165, 1.54) is 0 Å². The van der Waals surface area contributed by atoms with Crippen LogP contribution in [0.3, 0.4) is 0 Å². The number of nitrogens with two attached hydrogens (primary N) is 1. The predicted octanol–water partition coefficient (Wildman–Crippen LogP) is 0.524. The molecule has 0 bridgehead atoms. The monoisotopic (exact) mass is 230 g/mol. The summed E-state index contributed by atoms with van der Waals surface area (Å²) in [7, 11) is 0. The lowest BCUT2D eigenvalue weighted by molar-refractivity contribution is -0.386. The van der Waals surface area contributed by atoms with Gasteiger partial charge in [0.25, 0.3) is 0 Å². The maximum absolute atomic E-state index is 12.9. The molecule has 7 nitrogen and oxygen atoms in total. The molecule has 0 heterocycles. The van der Waals surface area contributed by atoms with Gasteiger partial charge >= 0.3 is 11.7 Å². The summed E-state index contributed by atoms with van der Waals surface area (Å²) in [6.45, 7) is 0. The van der Waals surface area contributed by atoms with Crippen LogP contribution in [0, 0.1) is 15.9 Å². The van der Waals surface area contributed by atoms with Gasteiger partial charge in [0, 0.05) is 5.56 Å². The van der Waals surface area contributed by atoms with Gasteiger partial charge in [-0.1, -0.05) is 0 Å². The highest BCUT2D eigenvalue weighted by atomic mass is 19.1. The highest BCUT2D eigenvalue weighted by molar-refractivity contribution is 5.77. The van der Waals surface area contributed by atoms with Gasteiger partial charge in [-0.2, -0.15) is 0 Å². The number of phenolic OH excluding ortho intramolecular Hbond substituents is 1. The van der Waals surface area contributed by atoms with Gasteiger partial charge in [-0.15, -0.1) is 0 Å². The first-order valence-electron chi connectivity index (χ1n) is 3.99. The fourth-order valence-corrected chi connectivity index (χ4v) is 1.11. The number of carboxylic acid groups (broad SMARTS) is 1. The molecule has 1 aromatic carbocycles. The van der Waals surface area contributed by atoms with Crippen molar-refractivity contribution >= 4 is 11.7 Å². The molecule has 0 spiro atoms. The van der Waals surface area contributed by atoms with E-state index in [9.17, 15) is 24.4 Å². The van der Waals surface area contributed by atoms with Gasteiger partial charge in [-0.25, -0.2) is 4.39 Å². The summed E-state index contributed by atoms with van der Waals surface area (Å²) in [5.41, 5.74) is 3.66. The summed E-state index contributed by atoms with van der Waals surface area (Å²) in [6, 6.07) is -0.608. The summed E-state index contributed by atoms with van der Waals surface area (Å²) in [5, 5.41) is 28.3. The number of nitrogens with zero attached hydrogens (tertiary/aromatic N) is 1. The number of carbonyl (C=O) groups is 1. The lowest BCUT2D eigenvalue weighted by atomic mass is 10.1. The SMILES string of the molecule is NC(C(=O)O)c1cc(F)cc([N+](=O)[O-])c1O. The number of halogens is 1. The molecular formula is C8H7FN2O5. The second kappa shape index (κ2) is 4.11. The average Bonchev–Trinajstić information content (AvgIpc) is 2.19. The number of nitro groups is 1. The van der Waals surface area contributed by atoms with Crippen molar-refractivity contribution in [1.82, 2.24) is 0 Å². The second-order valence-corrected chi connectivity index (χ2v) is 2.94. The number of aliphatic carboxylic acids is 1. The number of hydrogen-bond donors (Lipinski definition) is 3. The van der Waals surface area contributed by atoms with Gasteiger partial charge in [-0.3, -0.25) is 14.9 Å². The molecule has 16 heavy (non-hydrogen) atoms. The topological polar surface area (TPSA) is 127 Å². The smallest absolute Gasteiger partial charge is 0.325 e. The molecule has 0 amide bonds. The molecular weight excluding hydrogens is 223 g/mol. The zero-order valence-corrected chi connectivity index (χ0v) is 7.75. The average molecular weight is 230 g/mol. The number of benzene rings is 1. The Hall–Kier alpha value is -2.22. The van der Waals surface area contributed by atoms with Crippen LogP contribution in [0.2, 0.25) is 0 Å². The summed E-state index contributed by atoms with van der Waals surface area (Å²) >= 11 is 0. The summed E-state index contributed by atoms with van der Waals surface area (Å²) < 4.78 is 12.9. The Morgan fingerprint density at radius 2 is 2.12 bits per heavy atom. The molecule has 0 aliphatic heterocycles. The van der Waals surface area contributed by atoms with Crippen molar-refractivity contribution in [2.45, 2.75) is 6.04 Å². The third kappa shape index (κ3) is 2.06. The highest BCUT2D eigenvalue weighted by Gasteiger charge is 2.26. The highest BCUT2D eigenvalue weighted by Crippen LogP contribution is 2.33. The summed E-state index contributed by atoms with van der Waals surface area (Å²) in [5.74, 6) is -3.52. The van der Waals surface area contributed by atoms with Gasteiger partial charge in [0.15, 0.2) is 5.75 Å². The van der Waals surface area contributed by atoms with Gasteiger partial charge < -0.3 is 15.9 Å². The Bertz CT molecular complexity index is 462. The Kier molecular flexibility index (Phi) is 3.04. The van der Waals surface area contributed by atoms with Crippen molar-refractivity contribution in [3.63, 3.8) is 0 Å². The minimum absolute atomic E-state index is 0.480. The molecule has 8 heteroatoms. The van der Waals surface area contributed by atoms with Crippen LogP contribution in [-0.2, 0) is 4.79 Å². The number of aromatic hydroxyl groups is 1. The Morgan fingerprint density at radius 1 is 1.56 bits per heavy atom. The predicted molar refractivity (Wildman–Crippen MR) is 49.3 cm³/mol. The molecule has 0 fully saturated rings. The summed E-state index contributed by atoms with van der Waals surface area (Å²) in [6.07, 6.45) is 0. The van der Waals surface area contributed by atoms with Crippen LogP contribution in [0.15, 0.2) is 12.1 Å².